The fourth-order valence-corrected chi connectivity index (χ4v) is 2.00. The lowest BCUT2D eigenvalue weighted by Crippen LogP contribution is -2.19. The molecule has 0 fully saturated rings. The standard InChI is InChI=1S/C15H16N2O2/c1-3-17(12-8-6-11(2)7-9-12)13-5-4-10-16-14(13)15(18)19/h4-10H,3H2,1-2H3,(H,18,19). The number of benzene rings is 1. The molecule has 0 aliphatic heterocycles. The minimum absolute atomic E-state index is 0.0740. The van der Waals surface area contributed by atoms with Gasteiger partial charge in [-0.15, -0.1) is 0 Å². The van der Waals surface area contributed by atoms with E-state index in [1.807, 2.05) is 43.0 Å². The Morgan fingerprint density at radius 2 is 1.95 bits per heavy atom. The summed E-state index contributed by atoms with van der Waals surface area (Å²) in [4.78, 5) is 17.1. The molecule has 0 atom stereocenters. The molecule has 0 aliphatic carbocycles. The van der Waals surface area contributed by atoms with Crippen molar-refractivity contribution < 1.29 is 9.90 Å². The van der Waals surface area contributed by atoms with Gasteiger partial charge in [0, 0.05) is 18.4 Å². The average molecular weight is 256 g/mol. The van der Waals surface area contributed by atoms with Crippen molar-refractivity contribution in [1.82, 2.24) is 4.98 Å². The molecule has 0 saturated heterocycles. The summed E-state index contributed by atoms with van der Waals surface area (Å²) in [5.41, 5.74) is 2.82. The van der Waals surface area contributed by atoms with Gasteiger partial charge in [-0.05, 0) is 38.1 Å². The number of aryl methyl sites for hydroxylation is 1. The summed E-state index contributed by atoms with van der Waals surface area (Å²) >= 11 is 0. The molecule has 19 heavy (non-hydrogen) atoms. The van der Waals surface area contributed by atoms with Gasteiger partial charge in [0.15, 0.2) is 5.69 Å². The van der Waals surface area contributed by atoms with E-state index in [1.165, 1.54) is 11.8 Å². The Morgan fingerprint density at radius 3 is 2.53 bits per heavy atom. The van der Waals surface area contributed by atoms with Crippen LogP contribution in [0.5, 0.6) is 0 Å². The van der Waals surface area contributed by atoms with E-state index in [0.717, 1.165) is 5.69 Å². The molecule has 1 aromatic heterocycles. The van der Waals surface area contributed by atoms with Crippen LogP contribution in [0.4, 0.5) is 11.4 Å². The molecule has 1 heterocycles. The van der Waals surface area contributed by atoms with E-state index in [-0.39, 0.29) is 5.69 Å². The van der Waals surface area contributed by atoms with Gasteiger partial charge in [-0.3, -0.25) is 0 Å². The first kappa shape index (κ1) is 13.1. The van der Waals surface area contributed by atoms with Crippen LogP contribution in [0.1, 0.15) is 23.0 Å². The summed E-state index contributed by atoms with van der Waals surface area (Å²) in [5, 5.41) is 9.21. The summed E-state index contributed by atoms with van der Waals surface area (Å²) in [7, 11) is 0. The SMILES string of the molecule is CCN(c1ccc(C)cc1)c1cccnc1C(=O)O. The summed E-state index contributed by atoms with van der Waals surface area (Å²) in [6, 6.07) is 11.5. The van der Waals surface area contributed by atoms with Crippen molar-refractivity contribution in [2.24, 2.45) is 0 Å². The largest absolute Gasteiger partial charge is 0.476 e. The molecule has 98 valence electrons. The predicted octanol–water partition coefficient (Wildman–Crippen LogP) is 3.25. The normalized spacial score (nSPS) is 10.2. The summed E-state index contributed by atoms with van der Waals surface area (Å²) in [5.74, 6) is -1.01. The molecular formula is C15H16N2O2. The molecule has 0 unspecified atom stereocenters. The summed E-state index contributed by atoms with van der Waals surface area (Å²) in [6.07, 6.45) is 1.50. The number of hydrogen-bond acceptors (Lipinski definition) is 3. The monoisotopic (exact) mass is 256 g/mol. The van der Waals surface area contributed by atoms with Gasteiger partial charge >= 0.3 is 5.97 Å². The van der Waals surface area contributed by atoms with E-state index in [2.05, 4.69) is 4.98 Å². The van der Waals surface area contributed by atoms with Crippen molar-refractivity contribution in [2.75, 3.05) is 11.4 Å². The van der Waals surface area contributed by atoms with Gasteiger partial charge in [0.1, 0.15) is 0 Å². The van der Waals surface area contributed by atoms with Gasteiger partial charge in [0.2, 0.25) is 0 Å². The minimum Gasteiger partial charge on any atom is -0.476 e. The van der Waals surface area contributed by atoms with Crippen LogP contribution in [0.15, 0.2) is 42.6 Å². The first-order valence-corrected chi connectivity index (χ1v) is 6.16. The lowest BCUT2D eigenvalue weighted by Gasteiger charge is -2.24. The van der Waals surface area contributed by atoms with E-state index < -0.39 is 5.97 Å². The van der Waals surface area contributed by atoms with Crippen molar-refractivity contribution in [3.05, 3.63) is 53.9 Å². The van der Waals surface area contributed by atoms with Gasteiger partial charge in [0.25, 0.3) is 0 Å². The lowest BCUT2D eigenvalue weighted by molar-refractivity contribution is 0.0691. The van der Waals surface area contributed by atoms with E-state index in [9.17, 15) is 9.90 Å². The second-order valence-corrected chi connectivity index (χ2v) is 4.26. The van der Waals surface area contributed by atoms with Crippen LogP contribution >= 0.6 is 0 Å². The van der Waals surface area contributed by atoms with Crippen molar-refractivity contribution in [2.45, 2.75) is 13.8 Å². The maximum absolute atomic E-state index is 11.2. The zero-order chi connectivity index (χ0) is 13.8. The molecular weight excluding hydrogens is 240 g/mol. The van der Waals surface area contributed by atoms with Crippen molar-refractivity contribution in [3.63, 3.8) is 0 Å². The number of anilines is 2. The lowest BCUT2D eigenvalue weighted by atomic mass is 10.2. The number of hydrogen-bond donors (Lipinski definition) is 1. The second kappa shape index (κ2) is 5.52. The Hall–Kier alpha value is -2.36. The van der Waals surface area contributed by atoms with E-state index in [0.29, 0.717) is 12.2 Å². The van der Waals surface area contributed by atoms with E-state index in [4.69, 9.17) is 0 Å². The Labute approximate surface area is 112 Å². The van der Waals surface area contributed by atoms with Crippen molar-refractivity contribution in [1.29, 1.82) is 0 Å². The fourth-order valence-electron chi connectivity index (χ4n) is 2.00. The average Bonchev–Trinajstić information content (AvgIpc) is 2.42. The molecule has 0 amide bonds. The number of carboxylic acid groups (broad SMARTS) is 1. The van der Waals surface area contributed by atoms with Gasteiger partial charge in [-0.1, -0.05) is 17.7 Å². The highest BCUT2D eigenvalue weighted by Gasteiger charge is 2.17. The highest BCUT2D eigenvalue weighted by Crippen LogP contribution is 2.27. The molecule has 1 aromatic carbocycles. The molecule has 0 bridgehead atoms. The molecule has 0 radical (unpaired) electrons. The maximum Gasteiger partial charge on any atom is 0.356 e. The van der Waals surface area contributed by atoms with Gasteiger partial charge in [-0.2, -0.15) is 0 Å². The molecule has 0 spiro atoms. The number of pyridine rings is 1. The molecule has 4 nitrogen and oxygen atoms in total. The first-order chi connectivity index (χ1) is 9.13. The van der Waals surface area contributed by atoms with Crippen molar-refractivity contribution in [3.8, 4) is 0 Å². The fraction of sp³-hybridized carbons (Fsp3) is 0.200. The van der Waals surface area contributed by atoms with Crippen LogP contribution < -0.4 is 4.90 Å². The number of aromatic nitrogens is 1. The Kier molecular flexibility index (Phi) is 3.80. The van der Waals surface area contributed by atoms with E-state index in [1.54, 1.807) is 12.1 Å². The zero-order valence-corrected chi connectivity index (χ0v) is 11.0. The molecule has 4 heteroatoms. The predicted molar refractivity (Wildman–Crippen MR) is 75.1 cm³/mol. The third-order valence-electron chi connectivity index (χ3n) is 2.94. The van der Waals surface area contributed by atoms with Gasteiger partial charge in [0.05, 0.1) is 5.69 Å². The van der Waals surface area contributed by atoms with Gasteiger partial charge < -0.3 is 10.0 Å². The smallest absolute Gasteiger partial charge is 0.356 e. The number of aromatic carboxylic acids is 1. The summed E-state index contributed by atoms with van der Waals surface area (Å²) in [6.45, 7) is 4.68. The maximum atomic E-state index is 11.2. The first-order valence-electron chi connectivity index (χ1n) is 6.16. The topological polar surface area (TPSA) is 53.4 Å². The van der Waals surface area contributed by atoms with Crippen LogP contribution in [0.25, 0.3) is 0 Å². The molecule has 0 saturated carbocycles. The quantitative estimate of drug-likeness (QED) is 0.912. The summed E-state index contributed by atoms with van der Waals surface area (Å²) < 4.78 is 0. The van der Waals surface area contributed by atoms with E-state index >= 15 is 0 Å². The highest BCUT2D eigenvalue weighted by atomic mass is 16.4. The van der Waals surface area contributed by atoms with Crippen molar-refractivity contribution >= 4 is 17.3 Å². The highest BCUT2D eigenvalue weighted by molar-refractivity contribution is 5.93. The minimum atomic E-state index is -1.01. The number of rotatable bonds is 4. The van der Waals surface area contributed by atoms with Gasteiger partial charge in [-0.25, -0.2) is 9.78 Å². The second-order valence-electron chi connectivity index (χ2n) is 4.26. The number of nitrogens with zero attached hydrogens (tertiary/aromatic N) is 2. The Bertz CT molecular complexity index is 579. The van der Waals surface area contributed by atoms with Crippen LogP contribution in [0.2, 0.25) is 0 Å². The zero-order valence-electron chi connectivity index (χ0n) is 11.0. The number of carbonyl (C=O) groups is 1. The molecule has 2 rings (SSSR count). The third-order valence-corrected chi connectivity index (χ3v) is 2.94. The van der Waals surface area contributed by atoms with Crippen LogP contribution in [0.3, 0.4) is 0 Å². The molecule has 2 aromatic rings. The Balaban J connectivity index is 2.48. The number of carboxylic acids is 1. The molecule has 0 aliphatic rings. The Morgan fingerprint density at radius 1 is 1.26 bits per heavy atom. The third kappa shape index (κ3) is 2.73. The van der Waals surface area contributed by atoms with Crippen LogP contribution in [-0.2, 0) is 0 Å². The molecule has 1 N–H and O–H groups in total. The van der Waals surface area contributed by atoms with Crippen LogP contribution in [-0.4, -0.2) is 22.6 Å². The van der Waals surface area contributed by atoms with Crippen LogP contribution in [0, 0.1) is 6.92 Å².